The molecule has 6 nitrogen and oxygen atoms in total. The normalized spacial score (nSPS) is 16.8. The average Bonchev–Trinajstić information content (AvgIpc) is 3.16. The highest BCUT2D eigenvalue weighted by Gasteiger charge is 2.37. The van der Waals surface area contributed by atoms with Gasteiger partial charge in [0.05, 0.1) is 5.92 Å². The number of amides is 2. The Hall–Kier alpha value is -3.22. The first kappa shape index (κ1) is 22.5. The minimum atomic E-state index is -1.04. The van der Waals surface area contributed by atoms with Crippen molar-refractivity contribution in [3.63, 3.8) is 0 Å². The van der Waals surface area contributed by atoms with Gasteiger partial charge < -0.3 is 15.0 Å². The molecule has 1 heterocycles. The van der Waals surface area contributed by atoms with E-state index in [4.69, 9.17) is 4.74 Å². The quantitative estimate of drug-likeness (QED) is 0.645. The van der Waals surface area contributed by atoms with Crippen molar-refractivity contribution < 1.29 is 23.5 Å². The minimum Gasteiger partial charge on any atom is -0.452 e. The van der Waals surface area contributed by atoms with E-state index in [1.54, 1.807) is 4.90 Å². The number of aryl methyl sites for hydroxylation is 1. The molecular weight excluding hydrogens is 399 g/mol. The van der Waals surface area contributed by atoms with Crippen LogP contribution in [-0.4, -0.2) is 30.4 Å². The number of unbranched alkanes of at least 4 members (excludes halogenated alkanes) is 1. The average molecular weight is 426 g/mol. The standard InChI is InChI=1S/C24H27FN2O4/c1-3-4-5-17-6-12-21(13-7-17)27-15-18(14-22(27)28)24(30)31-16(2)23(29)26-20-10-8-19(25)9-11-20/h6-13,16,18H,3-5,14-15H2,1-2H3,(H,26,29)/t16-,18-/m0/s1. The summed E-state index contributed by atoms with van der Waals surface area (Å²) in [5, 5.41) is 2.57. The van der Waals surface area contributed by atoms with Crippen LogP contribution >= 0.6 is 0 Å². The van der Waals surface area contributed by atoms with Crippen LogP contribution in [0.2, 0.25) is 0 Å². The summed E-state index contributed by atoms with van der Waals surface area (Å²) in [6, 6.07) is 13.1. The highest BCUT2D eigenvalue weighted by Crippen LogP contribution is 2.27. The van der Waals surface area contributed by atoms with Gasteiger partial charge in [0.15, 0.2) is 6.10 Å². The number of ether oxygens (including phenoxy) is 1. The molecule has 0 aliphatic carbocycles. The Balaban J connectivity index is 1.54. The molecule has 2 atom stereocenters. The van der Waals surface area contributed by atoms with Gasteiger partial charge in [0.1, 0.15) is 5.82 Å². The lowest BCUT2D eigenvalue weighted by molar-refractivity contribution is -0.157. The van der Waals surface area contributed by atoms with Gasteiger partial charge in [-0.05, 0) is 61.7 Å². The van der Waals surface area contributed by atoms with Crippen LogP contribution in [0.25, 0.3) is 0 Å². The van der Waals surface area contributed by atoms with Gasteiger partial charge in [0.25, 0.3) is 5.91 Å². The molecule has 0 bridgehead atoms. The van der Waals surface area contributed by atoms with Crippen LogP contribution < -0.4 is 10.2 Å². The Bertz CT molecular complexity index is 928. The molecule has 31 heavy (non-hydrogen) atoms. The fourth-order valence-electron chi connectivity index (χ4n) is 3.44. The van der Waals surface area contributed by atoms with Crippen molar-refractivity contribution in [3.8, 4) is 0 Å². The smallest absolute Gasteiger partial charge is 0.312 e. The second kappa shape index (κ2) is 10.2. The van der Waals surface area contributed by atoms with Crippen LogP contribution in [0.4, 0.5) is 15.8 Å². The number of nitrogens with zero attached hydrogens (tertiary/aromatic N) is 1. The molecule has 0 aromatic heterocycles. The van der Waals surface area contributed by atoms with Crippen molar-refractivity contribution in [2.24, 2.45) is 5.92 Å². The summed E-state index contributed by atoms with van der Waals surface area (Å²) in [7, 11) is 0. The molecule has 1 aliphatic rings. The third-order valence-corrected chi connectivity index (χ3v) is 5.30. The first-order valence-electron chi connectivity index (χ1n) is 10.5. The van der Waals surface area contributed by atoms with E-state index in [1.807, 2.05) is 24.3 Å². The number of carbonyl (C=O) groups is 3. The first-order chi connectivity index (χ1) is 14.9. The van der Waals surface area contributed by atoms with Crippen molar-refractivity contribution in [1.29, 1.82) is 0 Å². The van der Waals surface area contributed by atoms with E-state index in [2.05, 4.69) is 12.2 Å². The Kier molecular flexibility index (Phi) is 7.39. The zero-order valence-electron chi connectivity index (χ0n) is 17.8. The summed E-state index contributed by atoms with van der Waals surface area (Å²) in [6.07, 6.45) is 2.24. The fraction of sp³-hybridized carbons (Fsp3) is 0.375. The van der Waals surface area contributed by atoms with Crippen molar-refractivity contribution in [2.75, 3.05) is 16.8 Å². The van der Waals surface area contributed by atoms with Crippen molar-refractivity contribution >= 4 is 29.2 Å². The molecule has 1 fully saturated rings. The summed E-state index contributed by atoms with van der Waals surface area (Å²) in [5.41, 5.74) is 2.37. The van der Waals surface area contributed by atoms with Gasteiger partial charge in [0.2, 0.25) is 5.91 Å². The lowest BCUT2D eigenvalue weighted by Gasteiger charge is -2.18. The van der Waals surface area contributed by atoms with E-state index in [1.165, 1.54) is 36.8 Å². The predicted octanol–water partition coefficient (Wildman–Crippen LogP) is 4.09. The number of nitrogens with one attached hydrogen (secondary N) is 1. The second-order valence-corrected chi connectivity index (χ2v) is 7.75. The maximum Gasteiger partial charge on any atom is 0.312 e. The van der Waals surface area contributed by atoms with Crippen LogP contribution in [0.15, 0.2) is 48.5 Å². The highest BCUT2D eigenvalue weighted by molar-refractivity contribution is 6.00. The number of hydrogen-bond donors (Lipinski definition) is 1. The molecule has 3 rings (SSSR count). The maximum atomic E-state index is 13.0. The SMILES string of the molecule is CCCCc1ccc(N2C[C@@H](C(=O)O[C@@H](C)C(=O)Nc3ccc(F)cc3)CC2=O)cc1. The number of hydrogen-bond acceptors (Lipinski definition) is 4. The first-order valence-corrected chi connectivity index (χ1v) is 10.5. The number of halogens is 1. The largest absolute Gasteiger partial charge is 0.452 e. The van der Waals surface area contributed by atoms with E-state index in [-0.39, 0.29) is 18.9 Å². The van der Waals surface area contributed by atoms with E-state index in [9.17, 15) is 18.8 Å². The molecular formula is C24H27FN2O4. The van der Waals surface area contributed by atoms with Gasteiger partial charge in [-0.25, -0.2) is 4.39 Å². The number of esters is 1. The molecule has 7 heteroatoms. The summed E-state index contributed by atoms with van der Waals surface area (Å²) in [6.45, 7) is 3.82. The molecule has 0 radical (unpaired) electrons. The minimum absolute atomic E-state index is 0.0444. The lowest BCUT2D eigenvalue weighted by Crippen LogP contribution is -2.33. The summed E-state index contributed by atoms with van der Waals surface area (Å²) >= 11 is 0. The second-order valence-electron chi connectivity index (χ2n) is 7.75. The Morgan fingerprint density at radius 2 is 1.84 bits per heavy atom. The van der Waals surface area contributed by atoms with Gasteiger partial charge in [-0.1, -0.05) is 25.5 Å². The number of rotatable bonds is 8. The number of anilines is 2. The molecule has 164 valence electrons. The number of carbonyl (C=O) groups excluding carboxylic acids is 3. The van der Waals surface area contributed by atoms with Crippen molar-refractivity contribution in [3.05, 3.63) is 59.9 Å². The predicted molar refractivity (Wildman–Crippen MR) is 116 cm³/mol. The van der Waals surface area contributed by atoms with Crippen LogP contribution in [-0.2, 0) is 25.5 Å². The lowest BCUT2D eigenvalue weighted by atomic mass is 10.1. The molecule has 1 saturated heterocycles. The maximum absolute atomic E-state index is 13.0. The Labute approximate surface area is 181 Å². The molecule has 1 aliphatic heterocycles. The topological polar surface area (TPSA) is 75.7 Å². The summed E-state index contributed by atoms with van der Waals surface area (Å²) in [5.74, 6) is -2.30. The zero-order valence-corrected chi connectivity index (χ0v) is 17.8. The monoisotopic (exact) mass is 426 g/mol. The van der Waals surface area contributed by atoms with Crippen LogP contribution in [0.3, 0.4) is 0 Å². The van der Waals surface area contributed by atoms with E-state index in [0.717, 1.165) is 24.9 Å². The van der Waals surface area contributed by atoms with Gasteiger partial charge in [-0.15, -0.1) is 0 Å². The molecule has 2 aromatic carbocycles. The molecule has 2 amide bonds. The van der Waals surface area contributed by atoms with Crippen LogP contribution in [0, 0.1) is 11.7 Å². The Morgan fingerprint density at radius 1 is 1.16 bits per heavy atom. The van der Waals surface area contributed by atoms with Crippen molar-refractivity contribution in [1.82, 2.24) is 0 Å². The molecule has 0 saturated carbocycles. The van der Waals surface area contributed by atoms with Crippen LogP contribution in [0.5, 0.6) is 0 Å². The van der Waals surface area contributed by atoms with Gasteiger partial charge in [0, 0.05) is 24.3 Å². The van der Waals surface area contributed by atoms with E-state index < -0.39 is 29.7 Å². The fourth-order valence-corrected chi connectivity index (χ4v) is 3.44. The molecule has 0 spiro atoms. The van der Waals surface area contributed by atoms with Crippen molar-refractivity contribution in [2.45, 2.75) is 45.6 Å². The number of benzene rings is 2. The third-order valence-electron chi connectivity index (χ3n) is 5.30. The Morgan fingerprint density at radius 3 is 2.48 bits per heavy atom. The van der Waals surface area contributed by atoms with E-state index >= 15 is 0 Å². The van der Waals surface area contributed by atoms with Crippen LogP contribution in [0.1, 0.15) is 38.7 Å². The molecule has 2 aromatic rings. The summed E-state index contributed by atoms with van der Waals surface area (Å²) in [4.78, 5) is 38.8. The molecule has 1 N–H and O–H groups in total. The molecule has 0 unspecified atom stereocenters. The van der Waals surface area contributed by atoms with Gasteiger partial charge in [-0.3, -0.25) is 14.4 Å². The van der Waals surface area contributed by atoms with Gasteiger partial charge >= 0.3 is 5.97 Å². The zero-order chi connectivity index (χ0) is 22.4. The van der Waals surface area contributed by atoms with E-state index in [0.29, 0.717) is 5.69 Å². The summed E-state index contributed by atoms with van der Waals surface area (Å²) < 4.78 is 18.3. The highest BCUT2D eigenvalue weighted by atomic mass is 19.1. The van der Waals surface area contributed by atoms with Gasteiger partial charge in [-0.2, -0.15) is 0 Å². The third kappa shape index (κ3) is 5.90.